The molecule has 0 radical (unpaired) electrons. The van der Waals surface area contributed by atoms with Gasteiger partial charge in [-0.1, -0.05) is 0 Å². The van der Waals surface area contributed by atoms with E-state index in [4.69, 9.17) is 9.47 Å². The molecule has 182 valence electrons. The highest BCUT2D eigenvalue weighted by Crippen LogP contribution is 2.40. The van der Waals surface area contributed by atoms with Gasteiger partial charge in [-0.3, -0.25) is 4.79 Å². The maximum atomic E-state index is 13.7. The molecule has 3 rings (SSSR count). The number of carbonyl (C=O) groups is 2. The van der Waals surface area contributed by atoms with Crippen molar-refractivity contribution >= 4 is 39.4 Å². The Morgan fingerprint density at radius 1 is 1.27 bits per heavy atom. The van der Waals surface area contributed by atoms with Gasteiger partial charge in [0.1, 0.15) is 11.9 Å². The molecule has 2 amide bonds. The lowest BCUT2D eigenvalue weighted by atomic mass is 10.1. The van der Waals surface area contributed by atoms with Crippen LogP contribution in [0.15, 0.2) is 11.4 Å². The van der Waals surface area contributed by atoms with E-state index in [0.29, 0.717) is 25.9 Å². The molecule has 2 aromatic rings. The summed E-state index contributed by atoms with van der Waals surface area (Å²) in [7, 11) is 2.96. The fraction of sp³-hybridized carbons (Fsp3) is 0.571. The smallest absolute Gasteiger partial charge is 0.417 e. The number of piperidine rings is 1. The summed E-state index contributed by atoms with van der Waals surface area (Å²) in [5.74, 6) is -0.350. The Labute approximate surface area is 193 Å². The van der Waals surface area contributed by atoms with E-state index in [1.807, 2.05) is 13.8 Å². The molecular formula is C21H27F3N4O4S. The average Bonchev–Trinajstić information content (AvgIpc) is 3.20. The predicted octanol–water partition coefficient (Wildman–Crippen LogP) is 3.79. The van der Waals surface area contributed by atoms with Crippen molar-refractivity contribution in [1.82, 2.24) is 15.6 Å². The number of hydrogen-bond acceptors (Lipinski definition) is 7. The molecule has 0 aromatic carbocycles. The molecule has 0 bridgehead atoms. The predicted molar refractivity (Wildman–Crippen MR) is 119 cm³/mol. The van der Waals surface area contributed by atoms with Crippen molar-refractivity contribution in [1.29, 1.82) is 0 Å². The molecule has 12 heteroatoms. The van der Waals surface area contributed by atoms with Crippen LogP contribution in [0.4, 0.5) is 23.8 Å². The second kappa shape index (κ2) is 9.72. The van der Waals surface area contributed by atoms with Crippen LogP contribution in [0.25, 0.3) is 10.2 Å². The topological polar surface area (TPSA) is 92.8 Å². The summed E-state index contributed by atoms with van der Waals surface area (Å²) in [5, 5.41) is 6.48. The number of halogens is 3. The highest BCUT2D eigenvalue weighted by atomic mass is 32.1. The fourth-order valence-corrected chi connectivity index (χ4v) is 4.44. The molecule has 8 nitrogen and oxygen atoms in total. The van der Waals surface area contributed by atoms with Gasteiger partial charge in [-0.15, -0.1) is 11.3 Å². The lowest BCUT2D eigenvalue weighted by Crippen LogP contribution is -2.43. The number of hydrogen-bond donors (Lipinski definition) is 2. The number of carbonyl (C=O) groups excluding carboxylic acids is 2. The molecule has 1 saturated heterocycles. The van der Waals surface area contributed by atoms with E-state index in [-0.39, 0.29) is 34.2 Å². The molecule has 0 spiro atoms. The monoisotopic (exact) mass is 488 g/mol. The van der Waals surface area contributed by atoms with Gasteiger partial charge in [-0.25, -0.2) is 9.78 Å². The number of rotatable bonds is 6. The number of amides is 2. The Kier molecular flexibility index (Phi) is 7.37. The van der Waals surface area contributed by atoms with Gasteiger partial charge in [0.05, 0.1) is 26.9 Å². The van der Waals surface area contributed by atoms with Crippen molar-refractivity contribution in [2.24, 2.45) is 0 Å². The number of methoxy groups -OCH3 is 1. The third-order valence-electron chi connectivity index (χ3n) is 5.54. The average molecular weight is 489 g/mol. The third kappa shape index (κ3) is 5.85. The fourth-order valence-electron chi connectivity index (χ4n) is 3.42. The van der Waals surface area contributed by atoms with E-state index < -0.39 is 29.3 Å². The zero-order chi connectivity index (χ0) is 24.4. The Morgan fingerprint density at radius 2 is 1.94 bits per heavy atom. The molecule has 1 aliphatic rings. The highest BCUT2D eigenvalue weighted by molar-refractivity contribution is 7.17. The zero-order valence-electron chi connectivity index (χ0n) is 18.8. The minimum atomic E-state index is -4.59. The lowest BCUT2D eigenvalue weighted by molar-refractivity contribution is -0.136. The summed E-state index contributed by atoms with van der Waals surface area (Å²) in [4.78, 5) is 30.3. The number of alkyl halides is 3. The Balaban J connectivity index is 1.73. The number of fused-ring (bicyclic) bond motifs is 1. The number of thiophene rings is 1. The van der Waals surface area contributed by atoms with Crippen molar-refractivity contribution < 1.29 is 32.2 Å². The van der Waals surface area contributed by atoms with Gasteiger partial charge in [-0.2, -0.15) is 13.2 Å². The van der Waals surface area contributed by atoms with E-state index in [2.05, 4.69) is 15.6 Å². The summed E-state index contributed by atoms with van der Waals surface area (Å²) in [5.41, 5.74) is -1.21. The number of nitrogens with zero attached hydrogens (tertiary/aromatic N) is 2. The van der Waals surface area contributed by atoms with Crippen molar-refractivity contribution in [3.63, 3.8) is 0 Å². The number of pyridine rings is 1. The van der Waals surface area contributed by atoms with Crippen molar-refractivity contribution in [2.45, 2.75) is 44.6 Å². The molecule has 0 aliphatic carbocycles. The van der Waals surface area contributed by atoms with Gasteiger partial charge in [0, 0.05) is 52.0 Å². The molecule has 0 saturated carbocycles. The highest BCUT2D eigenvalue weighted by Gasteiger charge is 2.36. The second-order valence-electron chi connectivity index (χ2n) is 8.34. The van der Waals surface area contributed by atoms with Crippen LogP contribution in [0.2, 0.25) is 0 Å². The van der Waals surface area contributed by atoms with Gasteiger partial charge >= 0.3 is 12.3 Å². The van der Waals surface area contributed by atoms with Gasteiger partial charge in [0.15, 0.2) is 0 Å². The summed E-state index contributed by atoms with van der Waals surface area (Å²) in [6.07, 6.45) is -4.63. The maximum Gasteiger partial charge on any atom is 0.417 e. The first-order valence-corrected chi connectivity index (χ1v) is 11.3. The number of nitrogens with one attached hydrogen (secondary N) is 2. The molecular weight excluding hydrogens is 461 g/mol. The van der Waals surface area contributed by atoms with Crippen molar-refractivity contribution in [3.8, 4) is 0 Å². The molecule has 2 N–H and O–H groups in total. The maximum absolute atomic E-state index is 13.7. The molecule has 1 aliphatic heterocycles. The SMILES string of the molecule is CNC(=O)c1csc2c(C(F)(F)F)cc(N3CCC(OC(=O)NCC(C)(C)OC)CC3)nc12. The zero-order valence-corrected chi connectivity index (χ0v) is 19.7. The summed E-state index contributed by atoms with van der Waals surface area (Å²) in [6.45, 7) is 4.65. The number of ether oxygens (including phenoxy) is 2. The normalized spacial score (nSPS) is 15.5. The van der Waals surface area contributed by atoms with Crippen LogP contribution in [0.1, 0.15) is 42.6 Å². The molecule has 2 aromatic heterocycles. The third-order valence-corrected chi connectivity index (χ3v) is 6.54. The first-order valence-electron chi connectivity index (χ1n) is 10.4. The Hall–Kier alpha value is -2.60. The van der Waals surface area contributed by atoms with Crippen molar-refractivity contribution in [3.05, 3.63) is 22.6 Å². The summed E-state index contributed by atoms with van der Waals surface area (Å²) < 4.78 is 51.8. The first kappa shape index (κ1) is 25.0. The van der Waals surface area contributed by atoms with Crippen LogP contribution in [0.5, 0.6) is 0 Å². The minimum Gasteiger partial charge on any atom is -0.446 e. The van der Waals surface area contributed by atoms with E-state index >= 15 is 0 Å². The van der Waals surface area contributed by atoms with E-state index in [9.17, 15) is 22.8 Å². The van der Waals surface area contributed by atoms with Crippen LogP contribution in [0.3, 0.4) is 0 Å². The number of aromatic nitrogens is 1. The van der Waals surface area contributed by atoms with Gasteiger partial charge in [0.25, 0.3) is 5.91 Å². The van der Waals surface area contributed by atoms with E-state index in [1.54, 1.807) is 12.0 Å². The first-order chi connectivity index (χ1) is 15.4. The second-order valence-corrected chi connectivity index (χ2v) is 9.22. The van der Waals surface area contributed by atoms with Crippen LogP contribution < -0.4 is 15.5 Å². The van der Waals surface area contributed by atoms with Gasteiger partial charge in [0.2, 0.25) is 0 Å². The molecule has 3 heterocycles. The lowest BCUT2D eigenvalue weighted by Gasteiger charge is -2.33. The summed E-state index contributed by atoms with van der Waals surface area (Å²) >= 11 is 0.846. The van der Waals surface area contributed by atoms with Crippen LogP contribution in [-0.2, 0) is 15.7 Å². The molecule has 33 heavy (non-hydrogen) atoms. The van der Waals surface area contributed by atoms with Gasteiger partial charge in [-0.05, 0) is 19.9 Å². The Bertz CT molecular complexity index is 1020. The van der Waals surface area contributed by atoms with Crippen molar-refractivity contribution in [2.75, 3.05) is 38.7 Å². The van der Waals surface area contributed by atoms with Gasteiger partial charge < -0.3 is 25.0 Å². The van der Waals surface area contributed by atoms with Crippen LogP contribution in [-0.4, -0.2) is 62.5 Å². The largest absolute Gasteiger partial charge is 0.446 e. The number of alkyl carbamates (subject to hydrolysis) is 1. The Morgan fingerprint density at radius 3 is 2.52 bits per heavy atom. The molecule has 0 unspecified atom stereocenters. The van der Waals surface area contributed by atoms with E-state index in [0.717, 1.165) is 17.4 Å². The standard InChI is InChI=1S/C21H27F3N4O4S/c1-20(2,31-4)11-26-19(30)32-12-5-7-28(8-6-12)15-9-14(21(22,23)24)17-16(27-15)13(10-33-17)18(29)25-3/h9-10,12H,5-8,11H2,1-4H3,(H,25,29)(H,26,30). The molecule has 1 fully saturated rings. The number of anilines is 1. The minimum absolute atomic E-state index is 0.0303. The van der Waals surface area contributed by atoms with Crippen LogP contribution >= 0.6 is 11.3 Å². The molecule has 0 atom stereocenters. The van der Waals surface area contributed by atoms with E-state index in [1.165, 1.54) is 12.4 Å². The van der Waals surface area contributed by atoms with Crippen LogP contribution in [0, 0.1) is 0 Å². The summed E-state index contributed by atoms with van der Waals surface area (Å²) in [6, 6.07) is 1.02. The quantitative estimate of drug-likeness (QED) is 0.643.